The monoisotopic (exact) mass is 441 g/mol. The zero-order valence-corrected chi connectivity index (χ0v) is 17.2. The fourth-order valence-electron chi connectivity index (χ4n) is 3.55. The first-order valence-corrected chi connectivity index (χ1v) is 10.2. The van der Waals surface area contributed by atoms with Crippen LogP contribution in [0, 0.1) is 11.6 Å². The van der Waals surface area contributed by atoms with Gasteiger partial charge in [0.2, 0.25) is 0 Å². The number of rotatable bonds is 5. The highest BCUT2D eigenvalue weighted by Crippen LogP contribution is 2.26. The average Bonchev–Trinajstić information content (AvgIpc) is 3.24. The van der Waals surface area contributed by atoms with Crippen LogP contribution in [0.2, 0.25) is 0 Å². The summed E-state index contributed by atoms with van der Waals surface area (Å²) in [5.74, 6) is -1.97. The molecular weight excluding hydrogens is 424 g/mol. The second kappa shape index (κ2) is 8.58. The van der Waals surface area contributed by atoms with Crippen molar-refractivity contribution in [2.24, 2.45) is 0 Å². The van der Waals surface area contributed by atoms with Crippen molar-refractivity contribution in [2.45, 2.75) is 6.54 Å². The van der Waals surface area contributed by atoms with Crippen LogP contribution in [0.1, 0.15) is 15.9 Å². The number of fused-ring (bicyclic) bond motifs is 1. The van der Waals surface area contributed by atoms with Crippen molar-refractivity contribution in [3.05, 3.63) is 108 Å². The van der Waals surface area contributed by atoms with E-state index in [2.05, 4.69) is 15.4 Å². The summed E-state index contributed by atoms with van der Waals surface area (Å²) in [4.78, 5) is 21.9. The molecule has 0 spiro atoms. The van der Waals surface area contributed by atoms with E-state index in [4.69, 9.17) is 4.98 Å². The summed E-state index contributed by atoms with van der Waals surface area (Å²) in [6, 6.07) is 17.7. The fraction of sp³-hybridized carbons (Fsp3) is 0.0400. The average molecular weight is 441 g/mol. The molecule has 3 heterocycles. The van der Waals surface area contributed by atoms with Crippen molar-refractivity contribution in [3.63, 3.8) is 0 Å². The molecule has 8 heteroatoms. The number of hydrogen-bond donors (Lipinski definition) is 1. The number of aromatic nitrogens is 4. The second-order valence-electron chi connectivity index (χ2n) is 7.39. The van der Waals surface area contributed by atoms with Crippen LogP contribution in [-0.2, 0) is 6.54 Å². The van der Waals surface area contributed by atoms with Crippen LogP contribution >= 0.6 is 0 Å². The Hall–Kier alpha value is -4.46. The molecule has 0 atom stereocenters. The first kappa shape index (κ1) is 20.4. The van der Waals surface area contributed by atoms with Crippen LogP contribution in [0.3, 0.4) is 0 Å². The zero-order valence-electron chi connectivity index (χ0n) is 17.2. The van der Waals surface area contributed by atoms with E-state index in [9.17, 15) is 13.6 Å². The van der Waals surface area contributed by atoms with Gasteiger partial charge in [0.1, 0.15) is 11.6 Å². The number of anilines is 1. The molecule has 2 aromatic carbocycles. The summed E-state index contributed by atoms with van der Waals surface area (Å²) in [6.07, 6.45) is 4.93. The Labute approximate surface area is 187 Å². The molecule has 3 aromatic heterocycles. The number of halogens is 2. The van der Waals surface area contributed by atoms with Gasteiger partial charge in [-0.2, -0.15) is 5.10 Å². The lowest BCUT2D eigenvalue weighted by Gasteiger charge is -2.10. The smallest absolute Gasteiger partial charge is 0.256 e. The molecule has 0 aliphatic rings. The van der Waals surface area contributed by atoms with Gasteiger partial charge in [-0.1, -0.05) is 30.3 Å². The van der Waals surface area contributed by atoms with Gasteiger partial charge in [-0.05, 0) is 35.9 Å². The summed E-state index contributed by atoms with van der Waals surface area (Å²) in [6.45, 7) is 0.427. The maximum absolute atomic E-state index is 14.1. The Bertz CT molecular complexity index is 1450. The van der Waals surface area contributed by atoms with Crippen LogP contribution in [0.4, 0.5) is 14.5 Å². The van der Waals surface area contributed by atoms with Crippen LogP contribution in [0.5, 0.6) is 0 Å². The molecule has 0 bridgehead atoms. The van der Waals surface area contributed by atoms with E-state index < -0.39 is 17.5 Å². The van der Waals surface area contributed by atoms with Gasteiger partial charge in [-0.3, -0.25) is 9.78 Å². The van der Waals surface area contributed by atoms with Gasteiger partial charge in [0, 0.05) is 24.0 Å². The molecular formula is C25H17F2N5O. The Kier molecular flexibility index (Phi) is 5.32. The van der Waals surface area contributed by atoms with Gasteiger partial charge in [0.25, 0.3) is 5.91 Å². The van der Waals surface area contributed by atoms with E-state index in [1.165, 1.54) is 0 Å². The Balaban J connectivity index is 1.62. The lowest BCUT2D eigenvalue weighted by molar-refractivity contribution is 0.102. The van der Waals surface area contributed by atoms with E-state index in [0.717, 1.165) is 29.3 Å². The molecule has 5 rings (SSSR count). The Morgan fingerprint density at radius 2 is 1.76 bits per heavy atom. The molecule has 0 aliphatic heterocycles. The number of nitrogens with one attached hydrogen (secondary N) is 1. The molecule has 1 N–H and O–H groups in total. The highest BCUT2D eigenvalue weighted by atomic mass is 19.1. The van der Waals surface area contributed by atoms with E-state index in [1.54, 1.807) is 29.3 Å². The summed E-state index contributed by atoms with van der Waals surface area (Å²) in [7, 11) is 0. The van der Waals surface area contributed by atoms with Crippen LogP contribution < -0.4 is 5.32 Å². The van der Waals surface area contributed by atoms with Crippen molar-refractivity contribution < 1.29 is 13.6 Å². The first-order chi connectivity index (χ1) is 16.1. The molecule has 162 valence electrons. The number of hydrogen-bond acceptors (Lipinski definition) is 4. The lowest BCUT2D eigenvalue weighted by Crippen LogP contribution is -2.14. The highest BCUT2D eigenvalue weighted by molar-refractivity contribution is 6.12. The number of amides is 1. The summed E-state index contributed by atoms with van der Waals surface area (Å²) in [5, 5.41) is 7.40. The van der Waals surface area contributed by atoms with E-state index >= 15 is 0 Å². The summed E-state index contributed by atoms with van der Waals surface area (Å²) in [5.41, 5.74) is 2.85. The molecule has 6 nitrogen and oxygen atoms in total. The third kappa shape index (κ3) is 4.18. The van der Waals surface area contributed by atoms with E-state index in [-0.39, 0.29) is 11.3 Å². The Morgan fingerprint density at radius 1 is 0.970 bits per heavy atom. The van der Waals surface area contributed by atoms with Crippen molar-refractivity contribution in [3.8, 4) is 11.3 Å². The standard InChI is InChI=1S/C25H17F2N5O/c26-18-6-7-21(27)23(12-18)31-25(33)19-13-22(17-4-2-1-3-5-17)30-24-20(19)14-29-32(24)15-16-8-10-28-11-9-16/h1-14H,15H2,(H,31,33). The van der Waals surface area contributed by atoms with Crippen LogP contribution in [0.15, 0.2) is 85.3 Å². The Morgan fingerprint density at radius 3 is 2.55 bits per heavy atom. The van der Waals surface area contributed by atoms with E-state index in [0.29, 0.717) is 23.3 Å². The maximum Gasteiger partial charge on any atom is 0.256 e. The molecule has 0 fully saturated rings. The van der Waals surface area contributed by atoms with Crippen LogP contribution in [-0.4, -0.2) is 25.7 Å². The van der Waals surface area contributed by atoms with Gasteiger partial charge in [0.05, 0.1) is 35.1 Å². The minimum atomic E-state index is -0.730. The largest absolute Gasteiger partial charge is 0.319 e. The molecule has 1 amide bonds. The quantitative estimate of drug-likeness (QED) is 0.413. The van der Waals surface area contributed by atoms with Crippen molar-refractivity contribution in [2.75, 3.05) is 5.32 Å². The number of carbonyl (C=O) groups is 1. The zero-order chi connectivity index (χ0) is 22.8. The van der Waals surface area contributed by atoms with Crippen molar-refractivity contribution >= 4 is 22.6 Å². The van der Waals surface area contributed by atoms with Crippen molar-refractivity contribution in [1.29, 1.82) is 0 Å². The van der Waals surface area contributed by atoms with E-state index in [1.807, 2.05) is 42.5 Å². The number of benzene rings is 2. The predicted molar refractivity (Wildman–Crippen MR) is 121 cm³/mol. The molecule has 0 radical (unpaired) electrons. The molecule has 0 unspecified atom stereocenters. The number of pyridine rings is 2. The first-order valence-electron chi connectivity index (χ1n) is 10.2. The number of carbonyl (C=O) groups excluding carboxylic acids is 1. The normalized spacial score (nSPS) is 11.0. The van der Waals surface area contributed by atoms with Gasteiger partial charge in [0.15, 0.2) is 5.65 Å². The minimum absolute atomic E-state index is 0.240. The fourth-order valence-corrected chi connectivity index (χ4v) is 3.55. The van der Waals surface area contributed by atoms with Gasteiger partial charge in [-0.25, -0.2) is 18.4 Å². The molecule has 0 saturated heterocycles. The minimum Gasteiger partial charge on any atom is -0.319 e. The third-order valence-corrected chi connectivity index (χ3v) is 5.18. The highest BCUT2D eigenvalue weighted by Gasteiger charge is 2.19. The molecule has 5 aromatic rings. The van der Waals surface area contributed by atoms with Gasteiger partial charge < -0.3 is 5.32 Å². The SMILES string of the molecule is O=C(Nc1cc(F)ccc1F)c1cc(-c2ccccc2)nc2c1cnn2Cc1ccncc1. The van der Waals surface area contributed by atoms with Gasteiger partial charge in [-0.15, -0.1) is 0 Å². The number of nitrogens with zero attached hydrogens (tertiary/aromatic N) is 4. The lowest BCUT2D eigenvalue weighted by atomic mass is 10.1. The third-order valence-electron chi connectivity index (χ3n) is 5.18. The maximum atomic E-state index is 14.1. The molecule has 0 saturated carbocycles. The summed E-state index contributed by atoms with van der Waals surface area (Å²) >= 11 is 0. The second-order valence-corrected chi connectivity index (χ2v) is 7.39. The molecule has 33 heavy (non-hydrogen) atoms. The predicted octanol–water partition coefficient (Wildman–Crippen LogP) is 5.07. The summed E-state index contributed by atoms with van der Waals surface area (Å²) < 4.78 is 29.4. The topological polar surface area (TPSA) is 72.7 Å². The van der Waals surface area contributed by atoms with Crippen molar-refractivity contribution in [1.82, 2.24) is 19.7 Å². The van der Waals surface area contributed by atoms with Gasteiger partial charge >= 0.3 is 0 Å². The van der Waals surface area contributed by atoms with Crippen LogP contribution in [0.25, 0.3) is 22.3 Å². The molecule has 0 aliphatic carbocycles.